The molecule has 1 heterocycles. The summed E-state index contributed by atoms with van der Waals surface area (Å²) in [5.74, 6) is 0.595. The molecule has 1 saturated heterocycles. The molecule has 0 spiro atoms. The normalized spacial score (nSPS) is 24.4. The maximum absolute atomic E-state index is 5.42. The molecule has 0 aromatic carbocycles. The minimum absolute atomic E-state index is 0.444. The van der Waals surface area contributed by atoms with Crippen molar-refractivity contribution in [2.24, 2.45) is 5.92 Å². The number of hydroxylamine groups is 1. The Morgan fingerprint density at radius 2 is 2.13 bits per heavy atom. The van der Waals surface area contributed by atoms with Gasteiger partial charge in [-0.25, -0.2) is 0 Å². The van der Waals surface area contributed by atoms with Crippen LogP contribution in [-0.4, -0.2) is 25.2 Å². The Bertz CT molecular complexity index is 156. The van der Waals surface area contributed by atoms with E-state index in [1.54, 1.807) is 0 Å². The molecule has 0 bridgehead atoms. The summed E-state index contributed by atoms with van der Waals surface area (Å²) >= 11 is 0. The van der Waals surface area contributed by atoms with Gasteiger partial charge in [0.25, 0.3) is 0 Å². The summed E-state index contributed by atoms with van der Waals surface area (Å²) < 4.78 is 0. The molecule has 0 aromatic heterocycles. The van der Waals surface area contributed by atoms with Gasteiger partial charge in [-0.3, -0.25) is 0 Å². The van der Waals surface area contributed by atoms with Gasteiger partial charge in [-0.2, -0.15) is 5.48 Å². The predicted molar refractivity (Wildman–Crippen MR) is 63.6 cm³/mol. The molecule has 1 fully saturated rings. The Hall–Kier alpha value is -0.120. The third kappa shape index (κ3) is 6.13. The van der Waals surface area contributed by atoms with Crippen LogP contribution in [0.25, 0.3) is 0 Å². The minimum Gasteiger partial charge on any atom is -0.314 e. The van der Waals surface area contributed by atoms with Crippen molar-refractivity contribution in [3.8, 4) is 0 Å². The topological polar surface area (TPSA) is 33.3 Å². The Morgan fingerprint density at radius 1 is 1.33 bits per heavy atom. The van der Waals surface area contributed by atoms with E-state index in [-0.39, 0.29) is 0 Å². The van der Waals surface area contributed by atoms with Crippen molar-refractivity contribution in [3.63, 3.8) is 0 Å². The van der Waals surface area contributed by atoms with Gasteiger partial charge in [-0.1, -0.05) is 20.3 Å². The summed E-state index contributed by atoms with van der Waals surface area (Å²) in [6.45, 7) is 8.49. The van der Waals surface area contributed by atoms with Crippen LogP contribution >= 0.6 is 0 Å². The van der Waals surface area contributed by atoms with Crippen LogP contribution in [0.15, 0.2) is 0 Å². The fourth-order valence-corrected chi connectivity index (χ4v) is 1.96. The number of piperidine rings is 1. The first-order chi connectivity index (χ1) is 7.18. The lowest BCUT2D eigenvalue weighted by Gasteiger charge is -2.26. The average molecular weight is 214 g/mol. The zero-order valence-corrected chi connectivity index (χ0v) is 10.4. The Kier molecular flexibility index (Phi) is 6.22. The average Bonchev–Trinajstić information content (AvgIpc) is 2.18. The molecule has 0 aliphatic carbocycles. The molecule has 90 valence electrons. The second-order valence-corrected chi connectivity index (χ2v) is 5.11. The lowest BCUT2D eigenvalue weighted by atomic mass is 9.99. The molecule has 1 aliphatic rings. The van der Waals surface area contributed by atoms with Crippen molar-refractivity contribution in [2.45, 2.75) is 58.5 Å². The van der Waals surface area contributed by atoms with E-state index in [9.17, 15) is 0 Å². The summed E-state index contributed by atoms with van der Waals surface area (Å²) in [6.07, 6.45) is 5.19. The van der Waals surface area contributed by atoms with E-state index in [1.165, 1.54) is 25.8 Å². The smallest absolute Gasteiger partial charge is 0.0705 e. The van der Waals surface area contributed by atoms with Gasteiger partial charge >= 0.3 is 0 Å². The summed E-state index contributed by atoms with van der Waals surface area (Å²) in [5, 5.41) is 3.55. The SMILES string of the molecule is CC(C)CONC(C)CC1CCCCN1. The van der Waals surface area contributed by atoms with Crippen molar-refractivity contribution >= 4 is 0 Å². The third-order valence-corrected chi connectivity index (χ3v) is 2.75. The Labute approximate surface area is 93.9 Å². The van der Waals surface area contributed by atoms with Crippen molar-refractivity contribution in [1.82, 2.24) is 10.8 Å². The lowest BCUT2D eigenvalue weighted by Crippen LogP contribution is -2.40. The number of hydrogen-bond donors (Lipinski definition) is 2. The molecule has 0 saturated carbocycles. The van der Waals surface area contributed by atoms with Crippen LogP contribution < -0.4 is 10.8 Å². The highest BCUT2D eigenvalue weighted by Crippen LogP contribution is 2.11. The first-order valence-electron chi connectivity index (χ1n) is 6.29. The molecule has 0 amide bonds. The molecule has 2 atom stereocenters. The minimum atomic E-state index is 0.444. The molecule has 0 aromatic rings. The Balaban J connectivity index is 2.03. The van der Waals surface area contributed by atoms with E-state index in [2.05, 4.69) is 31.6 Å². The summed E-state index contributed by atoms with van der Waals surface area (Å²) in [6, 6.07) is 1.13. The van der Waals surface area contributed by atoms with Gasteiger partial charge in [-0.05, 0) is 38.6 Å². The van der Waals surface area contributed by atoms with E-state index in [4.69, 9.17) is 4.84 Å². The molecular weight excluding hydrogens is 188 g/mol. The van der Waals surface area contributed by atoms with Gasteiger partial charge in [0, 0.05) is 12.1 Å². The van der Waals surface area contributed by atoms with Crippen LogP contribution in [-0.2, 0) is 4.84 Å². The number of rotatable bonds is 6. The van der Waals surface area contributed by atoms with Crippen molar-refractivity contribution in [2.75, 3.05) is 13.2 Å². The largest absolute Gasteiger partial charge is 0.314 e. The first kappa shape index (κ1) is 12.9. The fraction of sp³-hybridized carbons (Fsp3) is 1.00. The molecule has 15 heavy (non-hydrogen) atoms. The first-order valence-corrected chi connectivity index (χ1v) is 6.29. The molecule has 2 N–H and O–H groups in total. The standard InChI is InChI=1S/C12H26N2O/c1-10(2)9-15-14-11(3)8-12-6-4-5-7-13-12/h10-14H,4-9H2,1-3H3. The molecule has 1 rings (SSSR count). The number of nitrogens with one attached hydrogen (secondary N) is 2. The third-order valence-electron chi connectivity index (χ3n) is 2.75. The van der Waals surface area contributed by atoms with Gasteiger partial charge in [0.1, 0.15) is 0 Å². The van der Waals surface area contributed by atoms with Crippen LogP contribution in [0.3, 0.4) is 0 Å². The van der Waals surface area contributed by atoms with E-state index in [0.29, 0.717) is 18.0 Å². The van der Waals surface area contributed by atoms with Crippen LogP contribution in [0.2, 0.25) is 0 Å². The fourth-order valence-electron chi connectivity index (χ4n) is 1.96. The quantitative estimate of drug-likeness (QED) is 0.664. The second-order valence-electron chi connectivity index (χ2n) is 5.11. The summed E-state index contributed by atoms with van der Waals surface area (Å²) in [5.41, 5.74) is 3.12. The van der Waals surface area contributed by atoms with E-state index < -0.39 is 0 Å². The van der Waals surface area contributed by atoms with Crippen LogP contribution in [0.4, 0.5) is 0 Å². The predicted octanol–water partition coefficient (Wildman–Crippen LogP) is 2.08. The molecular formula is C12H26N2O. The van der Waals surface area contributed by atoms with Crippen LogP contribution in [0.5, 0.6) is 0 Å². The van der Waals surface area contributed by atoms with Crippen molar-refractivity contribution < 1.29 is 4.84 Å². The van der Waals surface area contributed by atoms with Gasteiger partial charge in [0.2, 0.25) is 0 Å². The van der Waals surface area contributed by atoms with E-state index in [1.807, 2.05) is 0 Å². The summed E-state index contributed by atoms with van der Waals surface area (Å²) in [7, 11) is 0. The molecule has 2 unspecified atom stereocenters. The highest BCUT2D eigenvalue weighted by molar-refractivity contribution is 4.75. The monoisotopic (exact) mass is 214 g/mol. The Morgan fingerprint density at radius 3 is 2.73 bits per heavy atom. The highest BCUT2D eigenvalue weighted by Gasteiger charge is 2.15. The van der Waals surface area contributed by atoms with Crippen molar-refractivity contribution in [3.05, 3.63) is 0 Å². The lowest BCUT2D eigenvalue weighted by molar-refractivity contribution is 0.000544. The number of hydrogen-bond acceptors (Lipinski definition) is 3. The van der Waals surface area contributed by atoms with Gasteiger partial charge in [-0.15, -0.1) is 0 Å². The maximum atomic E-state index is 5.42. The van der Waals surface area contributed by atoms with Gasteiger partial charge < -0.3 is 10.2 Å². The molecule has 0 radical (unpaired) electrons. The van der Waals surface area contributed by atoms with Crippen LogP contribution in [0, 0.1) is 5.92 Å². The van der Waals surface area contributed by atoms with Gasteiger partial charge in [0.05, 0.1) is 6.61 Å². The zero-order valence-electron chi connectivity index (χ0n) is 10.4. The van der Waals surface area contributed by atoms with Gasteiger partial charge in [0.15, 0.2) is 0 Å². The van der Waals surface area contributed by atoms with E-state index >= 15 is 0 Å². The van der Waals surface area contributed by atoms with Crippen molar-refractivity contribution in [1.29, 1.82) is 0 Å². The molecule has 3 nitrogen and oxygen atoms in total. The van der Waals surface area contributed by atoms with E-state index in [0.717, 1.165) is 13.0 Å². The zero-order chi connectivity index (χ0) is 11.1. The molecule has 1 aliphatic heterocycles. The second kappa shape index (κ2) is 7.20. The van der Waals surface area contributed by atoms with Crippen LogP contribution in [0.1, 0.15) is 46.5 Å². The maximum Gasteiger partial charge on any atom is 0.0705 e. The summed E-state index contributed by atoms with van der Waals surface area (Å²) in [4.78, 5) is 5.42. The molecule has 3 heteroatoms. The highest BCUT2D eigenvalue weighted by atomic mass is 16.6.